The molecule has 0 N–H and O–H groups in total. The van der Waals surface area contributed by atoms with E-state index in [4.69, 9.17) is 4.74 Å². The molecule has 140 valence electrons. The number of methoxy groups -OCH3 is 1. The fourth-order valence-electron chi connectivity index (χ4n) is 3.21. The number of pyridine rings is 1. The van der Waals surface area contributed by atoms with E-state index in [9.17, 15) is 9.90 Å². The van der Waals surface area contributed by atoms with Gasteiger partial charge in [-0.2, -0.15) is 5.10 Å². The third-order valence-corrected chi connectivity index (χ3v) is 4.69. The van der Waals surface area contributed by atoms with Crippen LogP contribution in [0.25, 0.3) is 22.2 Å². The van der Waals surface area contributed by atoms with Gasteiger partial charge in [-0.1, -0.05) is 30.3 Å². The number of carboxylic acids is 1. The molecule has 4 aromatic rings. The SMILES string of the molecule is COc1ccc(Cn2nc(C)c3cc(-c4cccc(C(=O)[O-])c4)cnc32)cc1. The van der Waals surface area contributed by atoms with E-state index in [0.717, 1.165) is 39.2 Å². The molecule has 4 rings (SSSR count). The number of aromatic carboxylic acids is 1. The molecule has 2 aromatic heterocycles. The minimum absolute atomic E-state index is 0.143. The van der Waals surface area contributed by atoms with Crippen molar-refractivity contribution in [1.29, 1.82) is 0 Å². The van der Waals surface area contributed by atoms with Gasteiger partial charge in [0, 0.05) is 17.1 Å². The Morgan fingerprint density at radius 3 is 2.61 bits per heavy atom. The molecule has 0 atom stereocenters. The van der Waals surface area contributed by atoms with Gasteiger partial charge in [0.05, 0.1) is 25.3 Å². The summed E-state index contributed by atoms with van der Waals surface area (Å²) < 4.78 is 7.07. The normalized spacial score (nSPS) is 10.9. The molecule has 0 bridgehead atoms. The summed E-state index contributed by atoms with van der Waals surface area (Å²) in [6.07, 6.45) is 1.74. The second-order valence-electron chi connectivity index (χ2n) is 6.55. The highest BCUT2D eigenvalue weighted by atomic mass is 16.5. The number of carbonyl (C=O) groups is 1. The Bertz CT molecular complexity index is 1160. The number of carboxylic acid groups (broad SMARTS) is 1. The van der Waals surface area contributed by atoms with E-state index in [2.05, 4.69) is 10.1 Å². The van der Waals surface area contributed by atoms with Crippen molar-refractivity contribution in [2.24, 2.45) is 0 Å². The average Bonchev–Trinajstić information content (AvgIpc) is 3.03. The third kappa shape index (κ3) is 3.32. The van der Waals surface area contributed by atoms with Crippen molar-refractivity contribution in [3.63, 3.8) is 0 Å². The molecule has 0 aliphatic carbocycles. The van der Waals surface area contributed by atoms with E-state index >= 15 is 0 Å². The number of rotatable bonds is 5. The smallest absolute Gasteiger partial charge is 0.158 e. The standard InChI is InChI=1S/C22H19N3O3/c1-14-20-11-18(16-4-3-5-17(10-16)22(26)27)12-23-21(20)25(24-14)13-15-6-8-19(28-2)9-7-15/h3-12H,13H2,1-2H3,(H,26,27)/p-1. The van der Waals surface area contributed by atoms with Gasteiger partial charge in [-0.05, 0) is 47.9 Å². The Morgan fingerprint density at radius 2 is 1.89 bits per heavy atom. The number of hydrogen-bond donors (Lipinski definition) is 0. The van der Waals surface area contributed by atoms with Crippen molar-refractivity contribution in [1.82, 2.24) is 14.8 Å². The van der Waals surface area contributed by atoms with Crippen molar-refractivity contribution < 1.29 is 14.6 Å². The van der Waals surface area contributed by atoms with Crippen LogP contribution in [0.2, 0.25) is 0 Å². The third-order valence-electron chi connectivity index (χ3n) is 4.69. The van der Waals surface area contributed by atoms with Gasteiger partial charge in [0.15, 0.2) is 5.65 Å². The minimum Gasteiger partial charge on any atom is -0.545 e. The highest BCUT2D eigenvalue weighted by molar-refractivity contribution is 5.89. The van der Waals surface area contributed by atoms with Crippen molar-refractivity contribution >= 4 is 17.0 Å². The number of aromatic nitrogens is 3. The lowest BCUT2D eigenvalue weighted by Gasteiger charge is -2.07. The molecule has 2 heterocycles. The lowest BCUT2D eigenvalue weighted by atomic mass is 10.0. The Balaban J connectivity index is 1.70. The van der Waals surface area contributed by atoms with Gasteiger partial charge < -0.3 is 14.6 Å². The highest BCUT2D eigenvalue weighted by Gasteiger charge is 2.11. The molecule has 0 amide bonds. The van der Waals surface area contributed by atoms with Crippen LogP contribution in [0, 0.1) is 6.92 Å². The summed E-state index contributed by atoms with van der Waals surface area (Å²) in [7, 11) is 1.64. The molecule has 0 spiro atoms. The quantitative estimate of drug-likeness (QED) is 0.538. The summed E-state index contributed by atoms with van der Waals surface area (Å²) >= 11 is 0. The van der Waals surface area contributed by atoms with Crippen LogP contribution in [-0.4, -0.2) is 27.8 Å². The topological polar surface area (TPSA) is 80.1 Å². The molecule has 0 aliphatic rings. The predicted molar refractivity (Wildman–Crippen MR) is 104 cm³/mol. The van der Waals surface area contributed by atoms with Gasteiger partial charge in [-0.25, -0.2) is 9.67 Å². The number of hydrogen-bond acceptors (Lipinski definition) is 5. The zero-order chi connectivity index (χ0) is 19.7. The molecule has 2 aromatic carbocycles. The lowest BCUT2D eigenvalue weighted by Crippen LogP contribution is -2.22. The van der Waals surface area contributed by atoms with Crippen LogP contribution in [0.4, 0.5) is 0 Å². The summed E-state index contributed by atoms with van der Waals surface area (Å²) in [5.41, 5.74) is 4.50. The maximum atomic E-state index is 11.1. The van der Waals surface area contributed by atoms with Gasteiger partial charge in [0.25, 0.3) is 0 Å². The van der Waals surface area contributed by atoms with Crippen molar-refractivity contribution in [2.75, 3.05) is 7.11 Å². The maximum absolute atomic E-state index is 11.1. The first-order valence-corrected chi connectivity index (χ1v) is 8.83. The lowest BCUT2D eigenvalue weighted by molar-refractivity contribution is -0.255. The number of ether oxygens (including phenoxy) is 1. The van der Waals surface area contributed by atoms with Gasteiger partial charge in [0.1, 0.15) is 5.75 Å². The zero-order valence-corrected chi connectivity index (χ0v) is 15.5. The minimum atomic E-state index is -1.20. The second kappa shape index (κ2) is 7.15. The van der Waals surface area contributed by atoms with E-state index in [0.29, 0.717) is 6.54 Å². The number of benzene rings is 2. The van der Waals surface area contributed by atoms with Crippen LogP contribution in [0.3, 0.4) is 0 Å². The average molecular weight is 372 g/mol. The molecular formula is C22H18N3O3-. The monoisotopic (exact) mass is 372 g/mol. The summed E-state index contributed by atoms with van der Waals surface area (Å²) in [5, 5.41) is 16.7. The largest absolute Gasteiger partial charge is 0.545 e. The van der Waals surface area contributed by atoms with E-state index in [1.54, 1.807) is 25.4 Å². The Kier molecular flexibility index (Phi) is 4.53. The van der Waals surface area contributed by atoms with Gasteiger partial charge in [-0.3, -0.25) is 0 Å². The Hall–Kier alpha value is -3.67. The summed E-state index contributed by atoms with van der Waals surface area (Å²) in [6.45, 7) is 2.54. The number of carbonyl (C=O) groups excluding carboxylic acids is 1. The molecule has 0 fully saturated rings. The molecule has 0 saturated heterocycles. The van der Waals surface area contributed by atoms with Crippen LogP contribution in [0.1, 0.15) is 21.6 Å². The van der Waals surface area contributed by atoms with E-state index in [1.807, 2.05) is 48.0 Å². The van der Waals surface area contributed by atoms with Crippen LogP contribution in [-0.2, 0) is 6.54 Å². The predicted octanol–water partition coefficient (Wildman–Crippen LogP) is 2.83. The van der Waals surface area contributed by atoms with Gasteiger partial charge in [0.2, 0.25) is 0 Å². The number of aryl methyl sites for hydroxylation is 1. The van der Waals surface area contributed by atoms with Gasteiger partial charge in [-0.15, -0.1) is 0 Å². The van der Waals surface area contributed by atoms with E-state index in [1.165, 1.54) is 6.07 Å². The number of nitrogens with zero attached hydrogens (tertiary/aromatic N) is 3. The summed E-state index contributed by atoms with van der Waals surface area (Å²) in [4.78, 5) is 15.7. The zero-order valence-electron chi connectivity index (χ0n) is 15.5. The van der Waals surface area contributed by atoms with Gasteiger partial charge >= 0.3 is 0 Å². The molecular weight excluding hydrogens is 354 g/mol. The van der Waals surface area contributed by atoms with Crippen LogP contribution >= 0.6 is 0 Å². The van der Waals surface area contributed by atoms with E-state index < -0.39 is 5.97 Å². The fourth-order valence-corrected chi connectivity index (χ4v) is 3.21. The molecule has 0 radical (unpaired) electrons. The molecule has 6 nitrogen and oxygen atoms in total. The Labute approximate surface area is 162 Å². The first-order valence-electron chi connectivity index (χ1n) is 8.83. The van der Waals surface area contributed by atoms with Crippen LogP contribution < -0.4 is 9.84 Å². The summed E-state index contributed by atoms with van der Waals surface area (Å²) in [5.74, 6) is -0.383. The molecule has 28 heavy (non-hydrogen) atoms. The van der Waals surface area contributed by atoms with E-state index in [-0.39, 0.29) is 5.56 Å². The molecule has 0 aliphatic heterocycles. The fraction of sp³-hybridized carbons (Fsp3) is 0.136. The van der Waals surface area contributed by atoms with Crippen molar-refractivity contribution in [2.45, 2.75) is 13.5 Å². The highest BCUT2D eigenvalue weighted by Crippen LogP contribution is 2.26. The maximum Gasteiger partial charge on any atom is 0.158 e. The van der Waals surface area contributed by atoms with Crippen LogP contribution in [0.5, 0.6) is 5.75 Å². The molecule has 0 unspecified atom stereocenters. The van der Waals surface area contributed by atoms with Crippen molar-refractivity contribution in [3.05, 3.63) is 77.6 Å². The van der Waals surface area contributed by atoms with Crippen LogP contribution in [0.15, 0.2) is 60.8 Å². The Morgan fingerprint density at radius 1 is 1.11 bits per heavy atom. The number of fused-ring (bicyclic) bond motifs is 1. The first kappa shape index (κ1) is 17.7. The molecule has 0 saturated carbocycles. The first-order chi connectivity index (χ1) is 13.5. The van der Waals surface area contributed by atoms with Crippen molar-refractivity contribution in [3.8, 4) is 16.9 Å². The summed E-state index contributed by atoms with van der Waals surface area (Å²) in [6, 6.07) is 16.5. The second-order valence-corrected chi connectivity index (χ2v) is 6.55. The molecule has 6 heteroatoms.